The average Bonchev–Trinajstić information content (AvgIpc) is 2.28. The standard InChI is InChI=1S/C13H15BrO3/c1-13(2,7-11(14)8-15)10-5-3-9(4-6-10)12(16)17/h3-6,8,11H,7H2,1-2H3,(H,16,17). The number of alkyl halides is 1. The van der Waals surface area contributed by atoms with Crippen molar-refractivity contribution in [1.82, 2.24) is 0 Å². The number of carboxylic acids is 1. The lowest BCUT2D eigenvalue weighted by Gasteiger charge is -2.26. The van der Waals surface area contributed by atoms with Gasteiger partial charge in [0.25, 0.3) is 0 Å². The first-order chi connectivity index (χ1) is 7.86. The van der Waals surface area contributed by atoms with E-state index in [2.05, 4.69) is 15.9 Å². The quantitative estimate of drug-likeness (QED) is 0.671. The molecule has 4 heteroatoms. The minimum atomic E-state index is -0.930. The van der Waals surface area contributed by atoms with Crippen LogP contribution in [0, 0.1) is 0 Å². The van der Waals surface area contributed by atoms with Gasteiger partial charge >= 0.3 is 5.97 Å². The number of halogens is 1. The largest absolute Gasteiger partial charge is 0.478 e. The van der Waals surface area contributed by atoms with Crippen molar-refractivity contribution in [2.24, 2.45) is 0 Å². The molecule has 1 aromatic carbocycles. The Morgan fingerprint density at radius 3 is 2.35 bits per heavy atom. The summed E-state index contributed by atoms with van der Waals surface area (Å²) in [7, 11) is 0. The monoisotopic (exact) mass is 298 g/mol. The number of aldehydes is 1. The fraction of sp³-hybridized carbons (Fsp3) is 0.385. The lowest BCUT2D eigenvalue weighted by molar-refractivity contribution is -0.107. The van der Waals surface area contributed by atoms with Crippen molar-refractivity contribution in [3.8, 4) is 0 Å². The van der Waals surface area contributed by atoms with Crippen LogP contribution in [0.4, 0.5) is 0 Å². The first-order valence-corrected chi connectivity index (χ1v) is 6.21. The van der Waals surface area contributed by atoms with E-state index in [-0.39, 0.29) is 15.8 Å². The van der Waals surface area contributed by atoms with Gasteiger partial charge in [-0.05, 0) is 29.5 Å². The van der Waals surface area contributed by atoms with Crippen LogP contribution in [0.2, 0.25) is 0 Å². The van der Waals surface area contributed by atoms with Gasteiger partial charge in [-0.3, -0.25) is 0 Å². The maximum Gasteiger partial charge on any atom is 0.335 e. The Hall–Kier alpha value is -1.16. The predicted molar refractivity (Wildman–Crippen MR) is 69.8 cm³/mol. The zero-order valence-corrected chi connectivity index (χ0v) is 11.4. The highest BCUT2D eigenvalue weighted by atomic mass is 79.9. The molecular weight excluding hydrogens is 284 g/mol. The number of carboxylic acid groups (broad SMARTS) is 1. The van der Waals surface area contributed by atoms with E-state index in [9.17, 15) is 9.59 Å². The molecule has 1 aromatic rings. The molecule has 1 N–H and O–H groups in total. The molecule has 0 radical (unpaired) electrons. The molecule has 0 amide bonds. The van der Waals surface area contributed by atoms with Gasteiger partial charge in [0, 0.05) is 0 Å². The average molecular weight is 299 g/mol. The van der Waals surface area contributed by atoms with Crippen LogP contribution in [0.3, 0.4) is 0 Å². The van der Waals surface area contributed by atoms with Crippen molar-refractivity contribution in [3.05, 3.63) is 35.4 Å². The first-order valence-electron chi connectivity index (χ1n) is 5.30. The zero-order valence-electron chi connectivity index (χ0n) is 9.81. The van der Waals surface area contributed by atoms with Crippen molar-refractivity contribution < 1.29 is 14.7 Å². The van der Waals surface area contributed by atoms with Crippen molar-refractivity contribution in [3.63, 3.8) is 0 Å². The maximum atomic E-state index is 10.7. The number of aromatic carboxylic acids is 1. The Bertz CT molecular complexity index is 409. The van der Waals surface area contributed by atoms with Gasteiger partial charge in [-0.2, -0.15) is 0 Å². The Morgan fingerprint density at radius 1 is 1.41 bits per heavy atom. The molecule has 0 aliphatic carbocycles. The van der Waals surface area contributed by atoms with Crippen LogP contribution >= 0.6 is 15.9 Å². The third-order valence-corrected chi connectivity index (χ3v) is 3.31. The number of benzene rings is 1. The van der Waals surface area contributed by atoms with Gasteiger partial charge in [-0.15, -0.1) is 0 Å². The molecule has 0 heterocycles. The number of hydrogen-bond acceptors (Lipinski definition) is 2. The highest BCUT2D eigenvalue weighted by molar-refractivity contribution is 9.09. The van der Waals surface area contributed by atoms with E-state index in [1.807, 2.05) is 13.8 Å². The topological polar surface area (TPSA) is 54.4 Å². The summed E-state index contributed by atoms with van der Waals surface area (Å²) in [5.74, 6) is -0.930. The summed E-state index contributed by atoms with van der Waals surface area (Å²) in [6.45, 7) is 4.06. The summed E-state index contributed by atoms with van der Waals surface area (Å²) >= 11 is 3.29. The van der Waals surface area contributed by atoms with Crippen LogP contribution < -0.4 is 0 Å². The van der Waals surface area contributed by atoms with Crippen LogP contribution in [-0.2, 0) is 10.2 Å². The van der Waals surface area contributed by atoms with E-state index in [0.29, 0.717) is 6.42 Å². The van der Waals surface area contributed by atoms with E-state index >= 15 is 0 Å². The summed E-state index contributed by atoms with van der Waals surface area (Å²) in [6.07, 6.45) is 1.54. The lowest BCUT2D eigenvalue weighted by Crippen LogP contribution is -2.22. The van der Waals surface area contributed by atoms with E-state index in [1.54, 1.807) is 24.3 Å². The van der Waals surface area contributed by atoms with Crippen molar-refractivity contribution in [2.75, 3.05) is 0 Å². The minimum absolute atomic E-state index is 0.174. The van der Waals surface area contributed by atoms with Crippen molar-refractivity contribution in [2.45, 2.75) is 30.5 Å². The number of carbonyl (C=O) groups is 2. The summed E-state index contributed by atoms with van der Waals surface area (Å²) in [6, 6.07) is 6.77. The molecule has 1 unspecified atom stereocenters. The van der Waals surface area contributed by atoms with Crippen LogP contribution in [0.5, 0.6) is 0 Å². The summed E-state index contributed by atoms with van der Waals surface area (Å²) in [4.78, 5) is 21.2. The fourth-order valence-electron chi connectivity index (χ4n) is 1.72. The maximum absolute atomic E-state index is 10.7. The molecule has 0 saturated heterocycles. The van der Waals surface area contributed by atoms with Crippen LogP contribution in [-0.4, -0.2) is 22.2 Å². The first kappa shape index (κ1) is 13.9. The highest BCUT2D eigenvalue weighted by Crippen LogP contribution is 2.30. The summed E-state index contributed by atoms with van der Waals surface area (Å²) < 4.78 is 0. The molecule has 0 fully saturated rings. The second-order valence-electron chi connectivity index (χ2n) is 4.62. The normalized spacial score (nSPS) is 13.1. The van der Waals surface area contributed by atoms with Crippen molar-refractivity contribution in [1.29, 1.82) is 0 Å². The second kappa shape index (κ2) is 5.45. The number of hydrogen-bond donors (Lipinski definition) is 1. The van der Waals surface area contributed by atoms with Gasteiger partial charge in [-0.1, -0.05) is 41.9 Å². The number of carbonyl (C=O) groups excluding carboxylic acids is 1. The minimum Gasteiger partial charge on any atom is -0.478 e. The molecule has 3 nitrogen and oxygen atoms in total. The van der Waals surface area contributed by atoms with Gasteiger partial charge in [0.1, 0.15) is 6.29 Å². The molecule has 0 spiro atoms. The van der Waals surface area contributed by atoms with E-state index in [4.69, 9.17) is 5.11 Å². The Morgan fingerprint density at radius 2 is 1.94 bits per heavy atom. The third kappa shape index (κ3) is 3.66. The van der Waals surface area contributed by atoms with E-state index < -0.39 is 5.97 Å². The van der Waals surface area contributed by atoms with Gasteiger partial charge < -0.3 is 9.90 Å². The molecule has 0 aliphatic rings. The summed E-state index contributed by atoms with van der Waals surface area (Å²) in [5, 5.41) is 8.81. The van der Waals surface area contributed by atoms with Crippen LogP contribution in [0.1, 0.15) is 36.2 Å². The van der Waals surface area contributed by atoms with Gasteiger partial charge in [0.05, 0.1) is 10.4 Å². The molecule has 0 saturated carbocycles. The molecule has 17 heavy (non-hydrogen) atoms. The van der Waals surface area contributed by atoms with Crippen LogP contribution in [0.15, 0.2) is 24.3 Å². The molecule has 0 aromatic heterocycles. The zero-order chi connectivity index (χ0) is 13.1. The Balaban J connectivity index is 2.91. The Labute approximate surface area is 109 Å². The van der Waals surface area contributed by atoms with Crippen molar-refractivity contribution >= 4 is 28.2 Å². The second-order valence-corrected chi connectivity index (χ2v) is 5.80. The highest BCUT2D eigenvalue weighted by Gasteiger charge is 2.24. The SMILES string of the molecule is CC(C)(CC(Br)C=O)c1ccc(C(=O)O)cc1. The summed E-state index contributed by atoms with van der Waals surface area (Å²) in [5.41, 5.74) is 1.12. The molecule has 92 valence electrons. The van der Waals surface area contributed by atoms with Gasteiger partial charge in [0.2, 0.25) is 0 Å². The van der Waals surface area contributed by atoms with E-state index in [0.717, 1.165) is 11.8 Å². The lowest BCUT2D eigenvalue weighted by atomic mass is 9.80. The van der Waals surface area contributed by atoms with Gasteiger partial charge in [0.15, 0.2) is 0 Å². The smallest absolute Gasteiger partial charge is 0.335 e. The fourth-order valence-corrected chi connectivity index (χ4v) is 2.53. The molecule has 0 bridgehead atoms. The molecule has 0 aliphatic heterocycles. The predicted octanol–water partition coefficient (Wildman–Crippen LogP) is 3.01. The molecular formula is C13H15BrO3. The molecule has 1 atom stereocenters. The third-order valence-electron chi connectivity index (χ3n) is 2.77. The van der Waals surface area contributed by atoms with Crippen LogP contribution in [0.25, 0.3) is 0 Å². The van der Waals surface area contributed by atoms with Gasteiger partial charge in [-0.25, -0.2) is 4.79 Å². The Kier molecular flexibility index (Phi) is 4.46. The molecule has 1 rings (SSSR count). The van der Waals surface area contributed by atoms with E-state index in [1.165, 1.54) is 0 Å². The number of rotatable bonds is 5.